The average molecular weight is 593 g/mol. The molecule has 5 heterocycles. The highest BCUT2D eigenvalue weighted by atomic mass is 16.5. The lowest BCUT2D eigenvalue weighted by Crippen LogP contribution is -2.51. The summed E-state index contributed by atoms with van der Waals surface area (Å²) in [7, 11) is 0. The number of amides is 1. The van der Waals surface area contributed by atoms with E-state index in [0.29, 0.717) is 24.5 Å². The Morgan fingerprint density at radius 3 is 2.55 bits per heavy atom. The summed E-state index contributed by atoms with van der Waals surface area (Å²) < 4.78 is 7.26. The van der Waals surface area contributed by atoms with Crippen molar-refractivity contribution in [1.29, 1.82) is 0 Å². The van der Waals surface area contributed by atoms with Crippen LogP contribution < -0.4 is 11.1 Å². The molecular formula is C38H48N4O2. The Morgan fingerprint density at radius 2 is 1.66 bits per heavy atom. The minimum Gasteiger partial charge on any atom is -0.460 e. The van der Waals surface area contributed by atoms with Gasteiger partial charge in [0.15, 0.2) is 0 Å². The summed E-state index contributed by atoms with van der Waals surface area (Å²) in [5.41, 5.74) is 16.0. The van der Waals surface area contributed by atoms with E-state index in [1.54, 1.807) is 11.1 Å². The van der Waals surface area contributed by atoms with Crippen LogP contribution in [-0.4, -0.2) is 67.1 Å². The number of hydrogen-bond donors (Lipinski definition) is 2. The fraction of sp³-hybridized carbons (Fsp3) is 0.553. The Balaban J connectivity index is 1.22. The van der Waals surface area contributed by atoms with E-state index in [0.717, 1.165) is 62.0 Å². The van der Waals surface area contributed by atoms with Gasteiger partial charge < -0.3 is 15.8 Å². The molecule has 0 spiro atoms. The van der Waals surface area contributed by atoms with Crippen LogP contribution in [0.3, 0.4) is 0 Å². The lowest BCUT2D eigenvalue weighted by Gasteiger charge is -2.51. The van der Waals surface area contributed by atoms with Crippen molar-refractivity contribution in [3.63, 3.8) is 0 Å². The Kier molecular flexibility index (Phi) is 7.85. The molecule has 1 amide bonds. The number of carbonyl (C=O) groups excluding carboxylic acids is 1. The Bertz CT molecular complexity index is 1490. The molecular weight excluding hydrogens is 544 g/mol. The number of allylic oxidation sites excluding steroid dienone is 4. The van der Waals surface area contributed by atoms with Crippen LogP contribution in [0.2, 0.25) is 0 Å². The van der Waals surface area contributed by atoms with E-state index in [4.69, 9.17) is 10.5 Å². The largest absolute Gasteiger partial charge is 0.460 e. The third kappa shape index (κ3) is 4.94. The van der Waals surface area contributed by atoms with Crippen LogP contribution >= 0.6 is 0 Å². The molecule has 3 N–H and O–H groups in total. The molecule has 1 aromatic carbocycles. The highest BCUT2D eigenvalue weighted by Gasteiger charge is 2.47. The molecule has 4 fully saturated rings. The van der Waals surface area contributed by atoms with Gasteiger partial charge in [0.05, 0.1) is 6.04 Å². The van der Waals surface area contributed by atoms with Crippen molar-refractivity contribution in [3.8, 4) is 0 Å². The monoisotopic (exact) mass is 592 g/mol. The van der Waals surface area contributed by atoms with Crippen LogP contribution in [0.15, 0.2) is 75.8 Å². The van der Waals surface area contributed by atoms with E-state index in [2.05, 4.69) is 45.5 Å². The predicted octanol–water partition coefficient (Wildman–Crippen LogP) is 6.24. The van der Waals surface area contributed by atoms with E-state index >= 15 is 0 Å². The van der Waals surface area contributed by atoms with Crippen LogP contribution in [0.25, 0.3) is 5.57 Å². The highest BCUT2D eigenvalue weighted by Crippen LogP contribution is 2.54. The maximum atomic E-state index is 13.4. The van der Waals surface area contributed by atoms with Gasteiger partial charge in [-0.05, 0) is 132 Å². The number of unbranched alkanes of at least 4 members (excludes halogenated alkanes) is 3. The molecule has 44 heavy (non-hydrogen) atoms. The third-order valence-electron chi connectivity index (χ3n) is 11.3. The predicted molar refractivity (Wildman–Crippen MR) is 176 cm³/mol. The second kappa shape index (κ2) is 12.1. The molecule has 0 saturated carbocycles. The minimum atomic E-state index is 0.0191. The zero-order valence-electron chi connectivity index (χ0n) is 26.2. The van der Waals surface area contributed by atoms with Gasteiger partial charge in [0.1, 0.15) is 11.5 Å². The van der Waals surface area contributed by atoms with Gasteiger partial charge >= 0.3 is 0 Å². The van der Waals surface area contributed by atoms with E-state index in [1.807, 2.05) is 6.07 Å². The van der Waals surface area contributed by atoms with Crippen LogP contribution in [0, 0.1) is 5.92 Å². The summed E-state index contributed by atoms with van der Waals surface area (Å²) in [6.45, 7) is 6.23. The number of rotatable bonds is 8. The van der Waals surface area contributed by atoms with E-state index in [1.165, 1.54) is 92.8 Å². The first-order valence-electron chi connectivity index (χ1n) is 17.6. The second-order valence-corrected chi connectivity index (χ2v) is 14.0. The molecule has 7 aliphatic rings. The van der Waals surface area contributed by atoms with Gasteiger partial charge in [-0.3, -0.25) is 14.6 Å². The van der Waals surface area contributed by atoms with Crippen molar-refractivity contribution in [1.82, 2.24) is 15.1 Å². The number of carbonyl (C=O) groups is 1. The first-order chi connectivity index (χ1) is 21.7. The maximum Gasteiger partial charge on any atom is 0.251 e. The molecule has 3 atom stereocenters. The molecule has 1 aromatic rings. The fourth-order valence-corrected chi connectivity index (χ4v) is 9.37. The molecule has 0 radical (unpaired) electrons. The molecule has 2 aliphatic carbocycles. The van der Waals surface area contributed by atoms with Crippen LogP contribution in [-0.2, 0) is 4.74 Å². The summed E-state index contributed by atoms with van der Waals surface area (Å²) in [5, 5.41) is 3.18. The number of fused-ring (bicyclic) bond motifs is 2. The van der Waals surface area contributed by atoms with Crippen molar-refractivity contribution in [2.75, 3.05) is 39.3 Å². The number of nitrogens with zero attached hydrogens (tertiary/aromatic N) is 2. The Labute approximate surface area is 262 Å². The smallest absolute Gasteiger partial charge is 0.251 e. The topological polar surface area (TPSA) is 70.8 Å². The van der Waals surface area contributed by atoms with Gasteiger partial charge in [-0.25, -0.2) is 0 Å². The SMILES string of the molecule is NCCCCCCNC(=O)c1cccc(C2=C3C=C4CCCN5CCCC(=C3OC3=C2C=C2CCCN6CCCC3C26)C45)c1. The molecule has 0 bridgehead atoms. The lowest BCUT2D eigenvalue weighted by atomic mass is 9.70. The second-order valence-electron chi connectivity index (χ2n) is 14.0. The summed E-state index contributed by atoms with van der Waals surface area (Å²) in [5.74, 6) is 2.76. The highest BCUT2D eigenvalue weighted by molar-refractivity contribution is 5.97. The van der Waals surface area contributed by atoms with E-state index < -0.39 is 0 Å². The standard InChI is InChI=1S/C38H48N4O2/c39-16-3-1-2-4-17-40-38(43)28-11-5-10-25(22-28)33-31-23-26-12-6-18-41-20-8-14-29(34(26)41)36(31)44-37-30-15-9-21-42-19-7-13-27(35(30)42)24-32(33)37/h5,10-11,22-24,29,34-35H,1-4,6-9,12-21,39H2,(H,40,43). The third-order valence-corrected chi connectivity index (χ3v) is 11.3. The fourth-order valence-electron chi connectivity index (χ4n) is 9.37. The van der Waals surface area contributed by atoms with Gasteiger partial charge in [-0.2, -0.15) is 0 Å². The zero-order valence-corrected chi connectivity index (χ0v) is 26.2. The number of piperidine rings is 4. The van der Waals surface area contributed by atoms with Crippen LogP contribution in [0.5, 0.6) is 0 Å². The van der Waals surface area contributed by atoms with Gasteiger partial charge in [0.2, 0.25) is 0 Å². The van der Waals surface area contributed by atoms with Crippen molar-refractivity contribution < 1.29 is 9.53 Å². The van der Waals surface area contributed by atoms with Gasteiger partial charge in [0, 0.05) is 40.8 Å². The normalized spacial score (nSPS) is 27.9. The molecule has 8 rings (SSSR count). The minimum absolute atomic E-state index is 0.0191. The Morgan fingerprint density at radius 1 is 0.886 bits per heavy atom. The number of nitrogens with one attached hydrogen (secondary N) is 1. The zero-order chi connectivity index (χ0) is 29.6. The molecule has 232 valence electrons. The van der Waals surface area contributed by atoms with E-state index in [-0.39, 0.29) is 5.91 Å². The number of benzene rings is 1. The molecule has 4 saturated heterocycles. The van der Waals surface area contributed by atoms with Crippen LogP contribution in [0.4, 0.5) is 0 Å². The van der Waals surface area contributed by atoms with Crippen molar-refractivity contribution in [2.45, 2.75) is 89.1 Å². The molecule has 6 nitrogen and oxygen atoms in total. The van der Waals surface area contributed by atoms with Gasteiger partial charge in [-0.15, -0.1) is 0 Å². The van der Waals surface area contributed by atoms with Crippen molar-refractivity contribution in [2.24, 2.45) is 11.7 Å². The van der Waals surface area contributed by atoms with Crippen molar-refractivity contribution >= 4 is 11.5 Å². The van der Waals surface area contributed by atoms with Crippen molar-refractivity contribution in [3.05, 3.63) is 86.9 Å². The summed E-state index contributed by atoms with van der Waals surface area (Å²) in [6, 6.07) is 9.30. The lowest BCUT2D eigenvalue weighted by molar-refractivity contribution is 0.0776. The first kappa shape index (κ1) is 28.5. The Hall–Kier alpha value is -2.93. The summed E-state index contributed by atoms with van der Waals surface area (Å²) >= 11 is 0. The number of hydrogen-bond acceptors (Lipinski definition) is 5. The van der Waals surface area contributed by atoms with Crippen LogP contribution in [0.1, 0.15) is 93.0 Å². The molecule has 0 aromatic heterocycles. The first-order valence-corrected chi connectivity index (χ1v) is 17.6. The van der Waals surface area contributed by atoms with E-state index in [9.17, 15) is 4.79 Å². The molecule has 3 unspecified atom stereocenters. The maximum absolute atomic E-state index is 13.4. The molecule has 6 heteroatoms. The summed E-state index contributed by atoms with van der Waals surface area (Å²) in [6.07, 6.45) is 18.8. The average Bonchev–Trinajstić information content (AvgIpc) is 3.06. The summed E-state index contributed by atoms with van der Waals surface area (Å²) in [4.78, 5) is 18.8. The quantitative estimate of drug-likeness (QED) is 0.350. The molecule has 5 aliphatic heterocycles. The number of ether oxygens (including phenoxy) is 1. The van der Waals surface area contributed by atoms with Gasteiger partial charge in [0.25, 0.3) is 5.91 Å². The van der Waals surface area contributed by atoms with Gasteiger partial charge in [-0.1, -0.05) is 36.6 Å². The number of nitrogens with two attached hydrogens (primary N) is 1.